The molecule has 0 saturated carbocycles. The fourth-order valence-corrected chi connectivity index (χ4v) is 7.58. The molecule has 5 heterocycles. The molecular formula is C35H42N4O4. The van der Waals surface area contributed by atoms with E-state index in [4.69, 9.17) is 14.7 Å². The molecule has 8 nitrogen and oxygen atoms in total. The van der Waals surface area contributed by atoms with Crippen LogP contribution in [0, 0.1) is 13.8 Å². The van der Waals surface area contributed by atoms with Crippen LogP contribution in [-0.2, 0) is 22.4 Å². The van der Waals surface area contributed by atoms with Gasteiger partial charge in [-0.3, -0.25) is 9.78 Å². The lowest BCUT2D eigenvalue weighted by molar-refractivity contribution is -0.140. The molecule has 3 aromatic heterocycles. The van der Waals surface area contributed by atoms with Crippen molar-refractivity contribution in [2.45, 2.75) is 97.7 Å². The fraction of sp³-hybridized carbons (Fsp3) is 0.457. The molecule has 4 atom stereocenters. The van der Waals surface area contributed by atoms with Crippen LogP contribution in [0.1, 0.15) is 116 Å². The first-order valence-corrected chi connectivity index (χ1v) is 15.3. The molecule has 3 aliphatic rings. The van der Waals surface area contributed by atoms with Crippen LogP contribution in [0.5, 0.6) is 0 Å². The van der Waals surface area contributed by atoms with Crippen molar-refractivity contribution in [2.75, 3.05) is 7.11 Å². The van der Waals surface area contributed by atoms with Crippen LogP contribution in [0.2, 0.25) is 0 Å². The quantitative estimate of drug-likeness (QED) is 0.251. The number of ether oxygens (including phenoxy) is 1. The normalized spacial score (nSPS) is 21.9. The number of allylic oxidation sites excluding steroid dienone is 1. The molecule has 0 saturated heterocycles. The maximum atomic E-state index is 12.2. The van der Waals surface area contributed by atoms with Crippen molar-refractivity contribution in [2.24, 2.45) is 0 Å². The van der Waals surface area contributed by atoms with Gasteiger partial charge >= 0.3 is 5.97 Å². The van der Waals surface area contributed by atoms with E-state index in [-0.39, 0.29) is 24.2 Å². The molecule has 2 aliphatic heterocycles. The zero-order valence-corrected chi connectivity index (χ0v) is 26.4. The minimum absolute atomic E-state index is 0.0176. The first-order valence-electron chi connectivity index (χ1n) is 15.3. The Bertz CT molecular complexity index is 1860. The van der Waals surface area contributed by atoms with E-state index >= 15 is 0 Å². The topological polar surface area (TPSA) is 124 Å². The molecule has 8 heteroatoms. The third-order valence-corrected chi connectivity index (χ3v) is 9.89. The summed E-state index contributed by atoms with van der Waals surface area (Å²) in [4.78, 5) is 29.8. The van der Waals surface area contributed by atoms with Crippen LogP contribution >= 0.6 is 0 Å². The average molecular weight is 583 g/mol. The molecule has 0 fully saturated rings. The number of hydrogen-bond acceptors (Lipinski definition) is 6. The smallest absolute Gasteiger partial charge is 0.305 e. The van der Waals surface area contributed by atoms with Gasteiger partial charge in [-0.15, -0.1) is 0 Å². The number of rotatable bonds is 5. The van der Waals surface area contributed by atoms with Gasteiger partial charge < -0.3 is 24.9 Å². The van der Waals surface area contributed by atoms with Crippen LogP contribution in [0.15, 0.2) is 18.2 Å². The summed E-state index contributed by atoms with van der Waals surface area (Å²) in [6.45, 7) is 14.1. The minimum Gasteiger partial charge on any atom is -0.469 e. The maximum Gasteiger partial charge on any atom is 0.305 e. The first-order chi connectivity index (χ1) is 20.4. The predicted octanol–water partition coefficient (Wildman–Crippen LogP) is 6.63. The number of aromatic nitrogens is 4. The number of methoxy groups -OCH3 is 1. The molecule has 43 heavy (non-hydrogen) atoms. The van der Waals surface area contributed by atoms with Crippen LogP contribution in [0.4, 0.5) is 0 Å². The summed E-state index contributed by atoms with van der Waals surface area (Å²) in [7, 11) is 1.41. The van der Waals surface area contributed by atoms with Crippen molar-refractivity contribution >= 4 is 39.2 Å². The largest absolute Gasteiger partial charge is 0.469 e. The number of carbonyl (C=O) groups is 1. The summed E-state index contributed by atoms with van der Waals surface area (Å²) < 4.78 is 4.98. The van der Waals surface area contributed by atoms with E-state index in [1.165, 1.54) is 12.7 Å². The molecule has 0 amide bonds. The standard InChI is InChI=1S/C35H42N4O4/c1-9-21-16(2)24-14-29-31(20(6)40)18(4)26(37-29)12-25-17(3)22(10-11-30(41)43-8)33(38-25)23-15-35(7,42)32-19(5)27(39-34(23)32)13-28(21)36-24/h12-14,17,20,22,36-37,40,42H,9-11,15H2,1-8H3/t17-,20?,22-,35?/m0/s1. The third kappa shape index (κ3) is 4.62. The Kier molecular flexibility index (Phi) is 7.13. The number of aromatic amines is 2. The molecular weight excluding hydrogens is 540 g/mol. The SMILES string of the molecule is CCc1c(C)c2cc3[nH]c(cc4nc(c5c6nc(cc1[nH]2)C(C)=C6C(C)(O)C5)[C@@H](CCC(=O)OC)[C@@H]4C)c(C)c3C(C)O. The van der Waals surface area contributed by atoms with E-state index in [1.54, 1.807) is 6.92 Å². The summed E-state index contributed by atoms with van der Waals surface area (Å²) >= 11 is 0. The van der Waals surface area contributed by atoms with Crippen molar-refractivity contribution in [3.63, 3.8) is 0 Å². The van der Waals surface area contributed by atoms with Gasteiger partial charge in [0.25, 0.3) is 0 Å². The maximum absolute atomic E-state index is 12.2. The lowest BCUT2D eigenvalue weighted by Gasteiger charge is -2.19. The van der Waals surface area contributed by atoms with E-state index in [1.807, 2.05) is 20.8 Å². The van der Waals surface area contributed by atoms with Crippen molar-refractivity contribution in [3.05, 3.63) is 68.8 Å². The summed E-state index contributed by atoms with van der Waals surface area (Å²) in [5.41, 5.74) is 13.0. The molecule has 0 radical (unpaired) electrons. The Hall–Kier alpha value is -3.75. The number of aliphatic hydroxyl groups is 2. The zero-order valence-electron chi connectivity index (χ0n) is 26.4. The monoisotopic (exact) mass is 582 g/mol. The van der Waals surface area contributed by atoms with E-state index in [2.05, 4.69) is 48.9 Å². The highest BCUT2D eigenvalue weighted by Gasteiger charge is 2.44. The number of aryl methyl sites for hydroxylation is 3. The van der Waals surface area contributed by atoms with E-state index in [9.17, 15) is 15.0 Å². The molecule has 8 bridgehead atoms. The van der Waals surface area contributed by atoms with Gasteiger partial charge in [0, 0.05) is 74.8 Å². The number of hydrogen-bond donors (Lipinski definition) is 4. The molecule has 1 aliphatic carbocycles. The van der Waals surface area contributed by atoms with Crippen molar-refractivity contribution in [3.8, 4) is 0 Å². The van der Waals surface area contributed by atoms with Crippen LogP contribution in [0.3, 0.4) is 0 Å². The Morgan fingerprint density at radius 2 is 1.79 bits per heavy atom. The lowest BCUT2D eigenvalue weighted by atomic mass is 9.85. The Morgan fingerprint density at radius 1 is 1.09 bits per heavy atom. The van der Waals surface area contributed by atoms with Gasteiger partial charge in [0.05, 0.1) is 30.2 Å². The molecule has 0 spiro atoms. The van der Waals surface area contributed by atoms with Gasteiger partial charge in [0.1, 0.15) is 0 Å². The van der Waals surface area contributed by atoms with E-state index < -0.39 is 11.7 Å². The van der Waals surface area contributed by atoms with E-state index in [0.29, 0.717) is 12.8 Å². The molecule has 2 unspecified atom stereocenters. The third-order valence-electron chi connectivity index (χ3n) is 9.89. The Morgan fingerprint density at radius 3 is 2.47 bits per heavy atom. The van der Waals surface area contributed by atoms with Gasteiger partial charge in [0.2, 0.25) is 0 Å². The summed E-state index contributed by atoms with van der Waals surface area (Å²) in [6, 6.07) is 6.26. The Balaban J connectivity index is 1.76. The summed E-state index contributed by atoms with van der Waals surface area (Å²) in [5, 5.41) is 22.6. The molecule has 0 aromatic carbocycles. The zero-order chi connectivity index (χ0) is 31.0. The van der Waals surface area contributed by atoms with E-state index in [0.717, 1.165) is 84.7 Å². The van der Waals surface area contributed by atoms with Gasteiger partial charge in [0.15, 0.2) is 0 Å². The number of nitrogens with zero attached hydrogens (tertiary/aromatic N) is 2. The highest BCUT2D eigenvalue weighted by molar-refractivity contribution is 5.98. The number of aliphatic hydroxyl groups excluding tert-OH is 1. The highest BCUT2D eigenvalue weighted by atomic mass is 16.5. The second kappa shape index (κ2) is 10.5. The Labute approximate surface area is 252 Å². The number of H-pyrrole nitrogens is 2. The average Bonchev–Trinajstić information content (AvgIpc) is 3.68. The number of nitrogens with one attached hydrogen (secondary N) is 2. The van der Waals surface area contributed by atoms with Crippen LogP contribution in [0.25, 0.3) is 33.2 Å². The molecule has 3 aromatic rings. The van der Waals surface area contributed by atoms with Crippen LogP contribution < -0.4 is 0 Å². The molecule has 6 rings (SSSR count). The summed E-state index contributed by atoms with van der Waals surface area (Å²) in [5.74, 6) is -0.275. The number of esters is 1. The number of fused-ring (bicyclic) bond motifs is 8. The van der Waals surface area contributed by atoms with Gasteiger partial charge in [-0.05, 0) is 87.9 Å². The lowest BCUT2D eigenvalue weighted by Crippen LogP contribution is -2.23. The second-order valence-corrected chi connectivity index (χ2v) is 12.7. The minimum atomic E-state index is -1.08. The van der Waals surface area contributed by atoms with Gasteiger partial charge in [-0.2, -0.15) is 0 Å². The second-order valence-electron chi connectivity index (χ2n) is 12.7. The molecule has 4 N–H and O–H groups in total. The van der Waals surface area contributed by atoms with Crippen molar-refractivity contribution in [1.82, 2.24) is 19.9 Å². The van der Waals surface area contributed by atoms with Crippen LogP contribution in [-0.4, -0.2) is 48.8 Å². The number of carbonyl (C=O) groups excluding carboxylic acids is 1. The molecule has 226 valence electrons. The summed E-state index contributed by atoms with van der Waals surface area (Å²) in [6.07, 6.45) is 1.45. The van der Waals surface area contributed by atoms with Crippen molar-refractivity contribution < 1.29 is 19.7 Å². The predicted molar refractivity (Wildman–Crippen MR) is 170 cm³/mol. The first kappa shape index (κ1) is 29.3. The van der Waals surface area contributed by atoms with Crippen molar-refractivity contribution in [1.29, 1.82) is 0 Å². The fourth-order valence-electron chi connectivity index (χ4n) is 7.58. The highest BCUT2D eigenvalue weighted by Crippen LogP contribution is 2.50. The van der Waals surface area contributed by atoms with Gasteiger partial charge in [-0.25, -0.2) is 4.98 Å². The van der Waals surface area contributed by atoms with Gasteiger partial charge in [-0.1, -0.05) is 13.8 Å².